The van der Waals surface area contributed by atoms with Gasteiger partial charge in [-0.2, -0.15) is 5.10 Å². The number of rotatable bonds is 4. The van der Waals surface area contributed by atoms with Crippen LogP contribution in [0.5, 0.6) is 0 Å². The second-order valence-electron chi connectivity index (χ2n) is 4.83. The van der Waals surface area contributed by atoms with Crippen LogP contribution in [-0.4, -0.2) is 44.9 Å². The van der Waals surface area contributed by atoms with Crippen molar-refractivity contribution >= 4 is 5.91 Å². The molecule has 0 saturated carbocycles. The van der Waals surface area contributed by atoms with Gasteiger partial charge in [-0.1, -0.05) is 13.3 Å². The minimum Gasteiger partial charge on any atom is -0.391 e. The summed E-state index contributed by atoms with van der Waals surface area (Å²) in [7, 11) is 0. The molecule has 0 spiro atoms. The molecule has 19 heavy (non-hydrogen) atoms. The average Bonchev–Trinajstić information content (AvgIpc) is 2.83. The maximum atomic E-state index is 12.2. The highest BCUT2D eigenvalue weighted by atomic mass is 16.3. The molecule has 1 saturated heterocycles. The zero-order valence-corrected chi connectivity index (χ0v) is 11.1. The third kappa shape index (κ3) is 3.20. The Morgan fingerprint density at radius 1 is 1.53 bits per heavy atom. The molecule has 1 N–H and O–H groups in total. The number of aliphatic hydroxyl groups excluding tert-OH is 1. The highest BCUT2D eigenvalue weighted by Crippen LogP contribution is 2.11. The number of nitrogens with zero attached hydrogens (tertiary/aromatic N) is 3. The summed E-state index contributed by atoms with van der Waals surface area (Å²) in [6.45, 7) is 3.44. The van der Waals surface area contributed by atoms with Crippen LogP contribution < -0.4 is 5.56 Å². The summed E-state index contributed by atoms with van der Waals surface area (Å²) >= 11 is 0. The van der Waals surface area contributed by atoms with E-state index in [1.165, 1.54) is 16.8 Å². The normalized spacial score (nSPS) is 18.8. The Balaban J connectivity index is 2.15. The van der Waals surface area contributed by atoms with Crippen molar-refractivity contribution in [3.63, 3.8) is 0 Å². The fourth-order valence-electron chi connectivity index (χ4n) is 2.12. The standard InChI is InChI=1S/C13H19N3O3/c1-2-3-7-16-12(18)5-4-11(14-16)13(19)15-8-6-10(17)9-15/h4-5,10,17H,2-3,6-9H2,1H3/t10-/m0/s1. The number of hydrogen-bond acceptors (Lipinski definition) is 4. The van der Waals surface area contributed by atoms with Gasteiger partial charge in [0, 0.05) is 25.7 Å². The molecule has 2 rings (SSSR count). The Morgan fingerprint density at radius 3 is 2.95 bits per heavy atom. The maximum Gasteiger partial charge on any atom is 0.274 e. The van der Waals surface area contributed by atoms with Gasteiger partial charge >= 0.3 is 0 Å². The van der Waals surface area contributed by atoms with Crippen molar-refractivity contribution in [2.75, 3.05) is 13.1 Å². The van der Waals surface area contributed by atoms with Crippen molar-refractivity contribution in [3.05, 3.63) is 28.2 Å². The molecular formula is C13H19N3O3. The molecule has 1 aliphatic heterocycles. The molecule has 0 bridgehead atoms. The molecular weight excluding hydrogens is 246 g/mol. The van der Waals surface area contributed by atoms with Gasteiger partial charge in [0.15, 0.2) is 0 Å². The lowest BCUT2D eigenvalue weighted by Gasteiger charge is -2.15. The molecule has 6 nitrogen and oxygen atoms in total. The van der Waals surface area contributed by atoms with E-state index in [-0.39, 0.29) is 17.2 Å². The Hall–Kier alpha value is -1.69. The number of likely N-dealkylation sites (tertiary alicyclic amines) is 1. The van der Waals surface area contributed by atoms with Crippen LogP contribution in [0.15, 0.2) is 16.9 Å². The van der Waals surface area contributed by atoms with Gasteiger partial charge in [0.25, 0.3) is 11.5 Å². The van der Waals surface area contributed by atoms with Crippen LogP contribution in [0, 0.1) is 0 Å². The van der Waals surface area contributed by atoms with Crippen molar-refractivity contribution in [3.8, 4) is 0 Å². The van der Waals surface area contributed by atoms with E-state index in [2.05, 4.69) is 5.10 Å². The second-order valence-corrected chi connectivity index (χ2v) is 4.83. The van der Waals surface area contributed by atoms with Crippen LogP contribution >= 0.6 is 0 Å². The molecule has 0 radical (unpaired) electrons. The molecule has 1 aromatic heterocycles. The van der Waals surface area contributed by atoms with Gasteiger partial charge in [0.1, 0.15) is 5.69 Å². The van der Waals surface area contributed by atoms with Crippen LogP contribution in [0.3, 0.4) is 0 Å². The van der Waals surface area contributed by atoms with Gasteiger partial charge in [-0.05, 0) is 18.9 Å². The SMILES string of the molecule is CCCCn1nc(C(=O)N2CC[C@H](O)C2)ccc1=O. The topological polar surface area (TPSA) is 75.4 Å². The number of carbonyl (C=O) groups excluding carboxylic acids is 1. The molecule has 0 aliphatic carbocycles. The summed E-state index contributed by atoms with van der Waals surface area (Å²) in [6, 6.07) is 2.83. The largest absolute Gasteiger partial charge is 0.391 e. The van der Waals surface area contributed by atoms with Crippen molar-refractivity contribution in [1.82, 2.24) is 14.7 Å². The van der Waals surface area contributed by atoms with Crippen LogP contribution in [0.25, 0.3) is 0 Å². The van der Waals surface area contributed by atoms with E-state index < -0.39 is 6.10 Å². The first-order chi connectivity index (χ1) is 9.11. The van der Waals surface area contributed by atoms with E-state index in [1.54, 1.807) is 4.90 Å². The number of aryl methyl sites for hydroxylation is 1. The smallest absolute Gasteiger partial charge is 0.274 e. The summed E-state index contributed by atoms with van der Waals surface area (Å²) in [4.78, 5) is 25.3. The first kappa shape index (κ1) is 13.7. The van der Waals surface area contributed by atoms with E-state index in [9.17, 15) is 14.7 Å². The Bertz CT molecular complexity index is 512. The number of hydrogen-bond donors (Lipinski definition) is 1. The van der Waals surface area contributed by atoms with Crippen molar-refractivity contribution in [2.45, 2.75) is 38.8 Å². The van der Waals surface area contributed by atoms with Crippen molar-refractivity contribution < 1.29 is 9.90 Å². The van der Waals surface area contributed by atoms with E-state index in [0.29, 0.717) is 26.1 Å². The third-order valence-electron chi connectivity index (χ3n) is 3.26. The van der Waals surface area contributed by atoms with E-state index >= 15 is 0 Å². The third-order valence-corrected chi connectivity index (χ3v) is 3.26. The number of unbranched alkanes of at least 4 members (excludes halogenated alkanes) is 1. The Kier molecular flexibility index (Phi) is 4.31. The quantitative estimate of drug-likeness (QED) is 0.846. The number of aliphatic hydroxyl groups is 1. The number of amides is 1. The molecule has 1 aromatic rings. The highest BCUT2D eigenvalue weighted by molar-refractivity contribution is 5.92. The Morgan fingerprint density at radius 2 is 2.32 bits per heavy atom. The molecule has 1 amide bonds. The van der Waals surface area contributed by atoms with Crippen molar-refractivity contribution in [1.29, 1.82) is 0 Å². The summed E-state index contributed by atoms with van der Waals surface area (Å²) in [6.07, 6.45) is 1.97. The number of aromatic nitrogens is 2. The fraction of sp³-hybridized carbons (Fsp3) is 0.615. The van der Waals surface area contributed by atoms with E-state index in [1.807, 2.05) is 6.92 Å². The van der Waals surface area contributed by atoms with Gasteiger partial charge in [-0.25, -0.2) is 4.68 Å². The summed E-state index contributed by atoms with van der Waals surface area (Å²) in [5, 5.41) is 13.6. The molecule has 6 heteroatoms. The van der Waals surface area contributed by atoms with Crippen LogP contribution in [0.4, 0.5) is 0 Å². The average molecular weight is 265 g/mol. The molecule has 1 aliphatic rings. The number of β-amino-alcohol motifs (C(OH)–C–C–N with tert-alkyl or cyclic N) is 1. The van der Waals surface area contributed by atoms with E-state index in [4.69, 9.17) is 0 Å². The summed E-state index contributed by atoms with van der Waals surface area (Å²) in [5.41, 5.74) is 0.0799. The van der Waals surface area contributed by atoms with Gasteiger partial charge in [0.2, 0.25) is 0 Å². The zero-order chi connectivity index (χ0) is 13.8. The summed E-state index contributed by atoms with van der Waals surface area (Å²) in [5.74, 6) is -0.221. The lowest BCUT2D eigenvalue weighted by Crippen LogP contribution is -2.33. The predicted octanol–water partition coefficient (Wildman–Crippen LogP) is 0.250. The molecule has 0 aromatic carbocycles. The lowest BCUT2D eigenvalue weighted by atomic mass is 10.3. The Labute approximate surface area is 111 Å². The van der Waals surface area contributed by atoms with Gasteiger partial charge in [0.05, 0.1) is 6.10 Å². The molecule has 0 unspecified atom stereocenters. The summed E-state index contributed by atoms with van der Waals surface area (Å²) < 4.78 is 1.34. The van der Waals surface area contributed by atoms with Gasteiger partial charge in [-0.3, -0.25) is 9.59 Å². The molecule has 104 valence electrons. The van der Waals surface area contributed by atoms with Crippen molar-refractivity contribution in [2.24, 2.45) is 0 Å². The van der Waals surface area contributed by atoms with Gasteiger partial charge in [-0.15, -0.1) is 0 Å². The monoisotopic (exact) mass is 265 g/mol. The fourth-order valence-corrected chi connectivity index (χ4v) is 2.12. The first-order valence-electron chi connectivity index (χ1n) is 6.67. The highest BCUT2D eigenvalue weighted by Gasteiger charge is 2.26. The van der Waals surface area contributed by atoms with Crippen LogP contribution in [0.1, 0.15) is 36.7 Å². The second kappa shape index (κ2) is 5.97. The van der Waals surface area contributed by atoms with Crippen LogP contribution in [0.2, 0.25) is 0 Å². The maximum absolute atomic E-state index is 12.2. The number of carbonyl (C=O) groups is 1. The lowest BCUT2D eigenvalue weighted by molar-refractivity contribution is 0.0756. The predicted molar refractivity (Wildman–Crippen MR) is 69.9 cm³/mol. The van der Waals surface area contributed by atoms with Crippen LogP contribution in [-0.2, 0) is 6.54 Å². The first-order valence-corrected chi connectivity index (χ1v) is 6.67. The molecule has 2 heterocycles. The minimum absolute atomic E-state index is 0.188. The zero-order valence-electron chi connectivity index (χ0n) is 11.1. The van der Waals surface area contributed by atoms with E-state index in [0.717, 1.165) is 12.8 Å². The molecule has 1 atom stereocenters. The molecule has 1 fully saturated rings. The van der Waals surface area contributed by atoms with Gasteiger partial charge < -0.3 is 10.0 Å². The minimum atomic E-state index is -0.449.